The first kappa shape index (κ1) is 16.6. The summed E-state index contributed by atoms with van der Waals surface area (Å²) in [5.74, 6) is 3.51. The van der Waals surface area contributed by atoms with Crippen LogP contribution in [0.25, 0.3) is 32.1 Å². The van der Waals surface area contributed by atoms with Crippen LogP contribution in [0.15, 0.2) is 62.7 Å². The summed E-state index contributed by atoms with van der Waals surface area (Å²) in [6.07, 6.45) is 0. The predicted molar refractivity (Wildman–Crippen MR) is 109 cm³/mol. The first-order valence-electron chi connectivity index (χ1n) is 7.55. The number of rotatable bonds is 3. The third kappa shape index (κ3) is 2.55. The monoisotopic (exact) mass is 383 g/mol. The number of nitroso groups, excluding NO2 is 1. The first-order chi connectivity index (χ1) is 12.4. The van der Waals surface area contributed by atoms with E-state index in [0.717, 1.165) is 5.39 Å². The number of aromatic amines is 1. The molecule has 6 nitrogen and oxygen atoms in total. The summed E-state index contributed by atoms with van der Waals surface area (Å²) in [7, 11) is -2.91. The fraction of sp³-hybridized carbons (Fsp3) is 0. The molecule has 2 aromatic heterocycles. The number of fused-ring (bicyclic) bond motifs is 3. The fourth-order valence-corrected chi connectivity index (χ4v) is 4.50. The number of thiophene rings is 1. The molecule has 0 aliphatic heterocycles. The van der Waals surface area contributed by atoms with Crippen molar-refractivity contribution in [1.29, 1.82) is 0 Å². The van der Waals surface area contributed by atoms with Crippen LogP contribution in [0.1, 0.15) is 0 Å². The zero-order chi connectivity index (χ0) is 18.5. The molecule has 130 valence electrons. The van der Waals surface area contributed by atoms with Crippen LogP contribution in [0.2, 0.25) is 0 Å². The summed E-state index contributed by atoms with van der Waals surface area (Å²) in [6.45, 7) is 0. The van der Waals surface area contributed by atoms with Gasteiger partial charge in [0.2, 0.25) is 0 Å². The topological polar surface area (TPSA) is 105 Å². The van der Waals surface area contributed by atoms with Crippen molar-refractivity contribution in [3.8, 4) is 11.1 Å². The van der Waals surface area contributed by atoms with Crippen LogP contribution < -0.4 is 10.7 Å². The number of pyridine rings is 1. The molecule has 0 radical (unpaired) electrons. The molecule has 4 rings (SSSR count). The van der Waals surface area contributed by atoms with Crippen LogP contribution in [-0.2, 0) is 9.71 Å². The van der Waals surface area contributed by atoms with E-state index in [9.17, 15) is 13.9 Å². The van der Waals surface area contributed by atoms with Gasteiger partial charge in [-0.25, -0.2) is 4.21 Å². The molecular weight excluding hydrogens is 370 g/mol. The van der Waals surface area contributed by atoms with E-state index in [1.807, 2.05) is 11.4 Å². The van der Waals surface area contributed by atoms with E-state index in [1.54, 1.807) is 36.4 Å². The Hall–Kier alpha value is -2.81. The Morgan fingerprint density at radius 3 is 2.73 bits per heavy atom. The predicted octanol–water partition coefficient (Wildman–Crippen LogP) is 3.76. The van der Waals surface area contributed by atoms with Crippen molar-refractivity contribution < 1.29 is 4.21 Å². The lowest BCUT2D eigenvalue weighted by molar-refractivity contribution is 0.682. The van der Waals surface area contributed by atoms with E-state index in [1.165, 1.54) is 11.3 Å². The molecule has 26 heavy (non-hydrogen) atoms. The van der Waals surface area contributed by atoms with Crippen molar-refractivity contribution in [2.24, 2.45) is 10.3 Å². The first-order valence-corrected chi connectivity index (χ1v) is 10.2. The summed E-state index contributed by atoms with van der Waals surface area (Å²) >= 11 is 1.33. The lowest BCUT2D eigenvalue weighted by Gasteiger charge is -2.12. The van der Waals surface area contributed by atoms with E-state index in [0.29, 0.717) is 31.6 Å². The number of nitrogens with one attached hydrogen (secondary N) is 1. The maximum absolute atomic E-state index is 12.2. The zero-order valence-corrected chi connectivity index (χ0v) is 15.0. The molecule has 0 aliphatic rings. The van der Waals surface area contributed by atoms with Gasteiger partial charge in [-0.3, -0.25) is 9.93 Å². The van der Waals surface area contributed by atoms with Crippen LogP contribution in [0.5, 0.6) is 0 Å². The van der Waals surface area contributed by atoms with E-state index < -0.39 is 9.71 Å². The van der Waals surface area contributed by atoms with Crippen LogP contribution in [-0.4, -0.2) is 15.1 Å². The molecule has 2 heterocycles. The standard InChI is InChI=1S/C18H13N3O3S2/c1-26(19,24)11-4-2-3-10(9-11)15-14(21-23)6-5-13-16(15)12-7-8-25-17(12)18(22)20-13/h2-9H,1H2,(H2,19,24)(H,20,22). The largest absolute Gasteiger partial charge is 0.321 e. The summed E-state index contributed by atoms with van der Waals surface area (Å²) < 4.78 is 12.7. The van der Waals surface area contributed by atoms with Gasteiger partial charge in [-0.15, -0.1) is 16.2 Å². The molecule has 1 atom stereocenters. The highest BCUT2D eigenvalue weighted by Gasteiger charge is 2.17. The van der Waals surface area contributed by atoms with E-state index in [-0.39, 0.29) is 11.2 Å². The van der Waals surface area contributed by atoms with Gasteiger partial charge < -0.3 is 4.98 Å². The summed E-state index contributed by atoms with van der Waals surface area (Å²) in [6, 6.07) is 11.8. The van der Waals surface area contributed by atoms with E-state index in [2.05, 4.69) is 16.0 Å². The molecule has 8 heteroatoms. The fourth-order valence-electron chi connectivity index (χ4n) is 3.07. The molecule has 4 aromatic rings. The quantitative estimate of drug-likeness (QED) is 0.415. The van der Waals surface area contributed by atoms with E-state index >= 15 is 0 Å². The van der Waals surface area contributed by atoms with Crippen LogP contribution in [0.4, 0.5) is 5.69 Å². The number of hydrogen-bond acceptors (Lipinski definition) is 5. The Labute approximate surface area is 152 Å². The molecule has 3 N–H and O–H groups in total. The highest BCUT2D eigenvalue weighted by molar-refractivity contribution is 7.98. The van der Waals surface area contributed by atoms with Crippen molar-refractivity contribution in [3.05, 3.63) is 63.1 Å². The molecular formula is C18H13N3O3S2. The number of benzene rings is 2. The second kappa shape index (κ2) is 5.87. The third-order valence-electron chi connectivity index (χ3n) is 4.19. The number of nitrogens with zero attached hydrogens (tertiary/aromatic N) is 1. The molecule has 0 saturated carbocycles. The molecule has 0 saturated heterocycles. The normalized spacial score (nSPS) is 13.7. The minimum atomic E-state index is -2.91. The Kier molecular flexibility index (Phi) is 3.76. The number of H-pyrrole nitrogens is 1. The maximum atomic E-state index is 12.2. The van der Waals surface area contributed by atoms with Gasteiger partial charge in [0.15, 0.2) is 0 Å². The van der Waals surface area contributed by atoms with Gasteiger partial charge in [0.05, 0.1) is 9.71 Å². The molecule has 0 bridgehead atoms. The number of hydrogen-bond donors (Lipinski definition) is 2. The zero-order valence-electron chi connectivity index (χ0n) is 13.4. The molecule has 0 fully saturated rings. The highest BCUT2D eigenvalue weighted by Crippen LogP contribution is 2.40. The summed E-state index contributed by atoms with van der Waals surface area (Å²) in [4.78, 5) is 26.9. The molecule has 1 unspecified atom stereocenters. The van der Waals surface area contributed by atoms with Gasteiger partial charge in [0.1, 0.15) is 10.4 Å². The van der Waals surface area contributed by atoms with Crippen molar-refractivity contribution in [2.45, 2.75) is 4.90 Å². The molecule has 0 spiro atoms. The molecule has 0 aliphatic carbocycles. The summed E-state index contributed by atoms with van der Waals surface area (Å²) in [5.41, 5.74) is 1.82. The lowest BCUT2D eigenvalue weighted by Crippen LogP contribution is -2.11. The number of aromatic nitrogens is 1. The van der Waals surface area contributed by atoms with Crippen LogP contribution >= 0.6 is 11.3 Å². The lowest BCUT2D eigenvalue weighted by atomic mass is 9.97. The van der Waals surface area contributed by atoms with Crippen molar-refractivity contribution in [3.63, 3.8) is 0 Å². The van der Waals surface area contributed by atoms with Crippen molar-refractivity contribution in [2.75, 3.05) is 0 Å². The van der Waals surface area contributed by atoms with E-state index in [4.69, 9.17) is 5.14 Å². The van der Waals surface area contributed by atoms with Gasteiger partial charge in [-0.1, -0.05) is 12.1 Å². The second-order valence-corrected chi connectivity index (χ2v) is 8.69. The van der Waals surface area contributed by atoms with Crippen LogP contribution in [0.3, 0.4) is 0 Å². The smallest absolute Gasteiger partial charge is 0.266 e. The summed E-state index contributed by atoms with van der Waals surface area (Å²) in [5, 5.41) is 12.1. The molecule has 2 aromatic carbocycles. The average Bonchev–Trinajstić information content (AvgIpc) is 3.11. The minimum Gasteiger partial charge on any atom is -0.321 e. The Morgan fingerprint density at radius 2 is 2.00 bits per heavy atom. The Morgan fingerprint density at radius 1 is 1.19 bits per heavy atom. The minimum absolute atomic E-state index is 0.184. The molecule has 0 amide bonds. The van der Waals surface area contributed by atoms with Gasteiger partial charge in [0, 0.05) is 26.7 Å². The van der Waals surface area contributed by atoms with Crippen molar-refractivity contribution in [1.82, 2.24) is 4.98 Å². The Balaban J connectivity index is 2.20. The van der Waals surface area contributed by atoms with Gasteiger partial charge in [0.25, 0.3) is 5.56 Å². The van der Waals surface area contributed by atoms with Gasteiger partial charge in [-0.2, -0.15) is 0 Å². The SMILES string of the molecule is C=S(N)(=O)c1cccc(-c2c(N=O)ccc3[nH]c(=O)c4sccc4c23)c1. The van der Waals surface area contributed by atoms with Gasteiger partial charge in [-0.05, 0) is 52.3 Å². The van der Waals surface area contributed by atoms with Crippen molar-refractivity contribution >= 4 is 53.6 Å². The maximum Gasteiger partial charge on any atom is 0.266 e. The van der Waals surface area contributed by atoms with Crippen LogP contribution in [0, 0.1) is 4.91 Å². The average molecular weight is 383 g/mol. The van der Waals surface area contributed by atoms with Gasteiger partial charge >= 0.3 is 0 Å². The second-order valence-electron chi connectivity index (χ2n) is 5.85. The number of nitrogens with two attached hydrogens (primary N) is 1. The Bertz CT molecular complexity index is 1350. The highest BCUT2D eigenvalue weighted by atomic mass is 32.2. The third-order valence-corrected chi connectivity index (χ3v) is 6.16.